The van der Waals surface area contributed by atoms with Crippen molar-refractivity contribution in [2.75, 3.05) is 0 Å². The Morgan fingerprint density at radius 2 is 1.93 bits per heavy atom. The van der Waals surface area contributed by atoms with Crippen molar-refractivity contribution in [2.24, 2.45) is 0 Å². The zero-order valence-electron chi connectivity index (χ0n) is 8.44. The Kier molecular flexibility index (Phi) is 2.35. The van der Waals surface area contributed by atoms with E-state index in [-0.39, 0.29) is 0 Å². The first kappa shape index (κ1) is 9.00. The van der Waals surface area contributed by atoms with Crippen LogP contribution in [0.15, 0.2) is 36.5 Å². The van der Waals surface area contributed by atoms with E-state index >= 15 is 0 Å². The van der Waals surface area contributed by atoms with Crippen molar-refractivity contribution in [1.29, 1.82) is 0 Å². The molecule has 2 heteroatoms. The van der Waals surface area contributed by atoms with Crippen molar-refractivity contribution >= 4 is 0 Å². The third-order valence-corrected chi connectivity index (χ3v) is 2.26. The molecule has 1 heterocycles. The lowest BCUT2D eigenvalue weighted by Crippen LogP contribution is -1.95. The number of aromatic nitrogens is 2. The molecule has 0 spiro atoms. The lowest BCUT2D eigenvalue weighted by molar-refractivity contribution is 0.851. The predicted octanol–water partition coefficient (Wildman–Crippen LogP) is 2.80. The fourth-order valence-electron chi connectivity index (χ4n) is 1.38. The highest BCUT2D eigenvalue weighted by Gasteiger charge is 1.99. The van der Waals surface area contributed by atoms with Crippen molar-refractivity contribution in [2.45, 2.75) is 19.8 Å². The minimum atomic E-state index is 0.575. The minimum absolute atomic E-state index is 0.575. The molecule has 1 aromatic carbocycles. The van der Waals surface area contributed by atoms with Gasteiger partial charge in [0.1, 0.15) is 0 Å². The summed E-state index contributed by atoms with van der Waals surface area (Å²) >= 11 is 0. The lowest BCUT2D eigenvalue weighted by Gasteiger charge is -2.06. The molecule has 0 aliphatic rings. The second-order valence-electron chi connectivity index (χ2n) is 3.62. The molecule has 0 saturated heterocycles. The highest BCUT2D eigenvalue weighted by molar-refractivity contribution is 5.34. The van der Waals surface area contributed by atoms with Gasteiger partial charge in [0.15, 0.2) is 0 Å². The third-order valence-electron chi connectivity index (χ3n) is 2.26. The number of nitrogens with zero attached hydrogens (tertiary/aromatic N) is 2. The van der Waals surface area contributed by atoms with Crippen LogP contribution in [0.5, 0.6) is 0 Å². The second-order valence-corrected chi connectivity index (χ2v) is 3.62. The Bertz CT molecular complexity index is 385. The number of hydrogen-bond acceptors (Lipinski definition) is 1. The zero-order chi connectivity index (χ0) is 9.97. The maximum Gasteiger partial charge on any atom is 0.0926 e. The summed E-state index contributed by atoms with van der Waals surface area (Å²) in [6.45, 7) is 4.38. The molecule has 1 radical (unpaired) electrons. The predicted molar refractivity (Wildman–Crippen MR) is 56.5 cm³/mol. The van der Waals surface area contributed by atoms with Gasteiger partial charge in [-0.15, -0.1) is 0 Å². The Morgan fingerprint density at radius 1 is 1.21 bits per heavy atom. The highest BCUT2D eigenvalue weighted by Crippen LogP contribution is 2.15. The van der Waals surface area contributed by atoms with Gasteiger partial charge in [-0.1, -0.05) is 26.0 Å². The van der Waals surface area contributed by atoms with Crippen molar-refractivity contribution < 1.29 is 0 Å². The largest absolute Gasteiger partial charge is 0.232 e. The third kappa shape index (κ3) is 1.69. The van der Waals surface area contributed by atoms with Crippen LogP contribution in [-0.2, 0) is 0 Å². The smallest absolute Gasteiger partial charge is 0.0926 e. The van der Waals surface area contributed by atoms with E-state index in [0.717, 1.165) is 5.69 Å². The fourth-order valence-corrected chi connectivity index (χ4v) is 1.38. The minimum Gasteiger partial charge on any atom is -0.232 e. The summed E-state index contributed by atoms with van der Waals surface area (Å²) in [4.78, 5) is 0. The summed E-state index contributed by atoms with van der Waals surface area (Å²) in [5.74, 6) is 0.575. The van der Waals surface area contributed by atoms with Crippen molar-refractivity contribution in [3.05, 3.63) is 48.3 Å². The molecule has 1 aromatic heterocycles. The molecule has 0 bridgehead atoms. The molecule has 2 rings (SSSR count). The van der Waals surface area contributed by atoms with Gasteiger partial charge in [0.05, 0.1) is 18.1 Å². The van der Waals surface area contributed by atoms with Crippen LogP contribution in [0.2, 0.25) is 0 Å². The van der Waals surface area contributed by atoms with E-state index in [1.165, 1.54) is 5.56 Å². The number of hydrogen-bond donors (Lipinski definition) is 0. The molecule has 2 nitrogen and oxygen atoms in total. The van der Waals surface area contributed by atoms with Gasteiger partial charge in [0.2, 0.25) is 0 Å². The van der Waals surface area contributed by atoms with Crippen molar-refractivity contribution in [3.63, 3.8) is 0 Å². The van der Waals surface area contributed by atoms with Crippen LogP contribution in [0.1, 0.15) is 25.3 Å². The van der Waals surface area contributed by atoms with Gasteiger partial charge in [0, 0.05) is 0 Å². The summed E-state index contributed by atoms with van der Waals surface area (Å²) in [5.41, 5.74) is 2.40. The van der Waals surface area contributed by atoms with Gasteiger partial charge in [0.25, 0.3) is 0 Å². The molecule has 0 atom stereocenters. The van der Waals surface area contributed by atoms with Crippen molar-refractivity contribution in [1.82, 2.24) is 9.78 Å². The summed E-state index contributed by atoms with van der Waals surface area (Å²) in [6.07, 6.45) is 4.74. The van der Waals surface area contributed by atoms with Crippen LogP contribution in [0, 0.1) is 6.20 Å². The monoisotopic (exact) mass is 185 g/mol. The van der Waals surface area contributed by atoms with Crippen molar-refractivity contribution in [3.8, 4) is 5.69 Å². The first-order valence-electron chi connectivity index (χ1n) is 4.79. The first-order chi connectivity index (χ1) is 6.77. The summed E-state index contributed by atoms with van der Waals surface area (Å²) in [5, 5.41) is 4.12. The van der Waals surface area contributed by atoms with E-state index in [2.05, 4.69) is 49.4 Å². The van der Waals surface area contributed by atoms with Crippen LogP contribution < -0.4 is 0 Å². The van der Waals surface area contributed by atoms with Gasteiger partial charge in [-0.2, -0.15) is 5.10 Å². The van der Waals surface area contributed by atoms with Gasteiger partial charge < -0.3 is 0 Å². The molecule has 0 aliphatic carbocycles. The van der Waals surface area contributed by atoms with Gasteiger partial charge in [-0.3, -0.25) is 0 Å². The molecule has 0 aliphatic heterocycles. The van der Waals surface area contributed by atoms with Crippen LogP contribution in [0.25, 0.3) is 5.69 Å². The van der Waals surface area contributed by atoms with Gasteiger partial charge in [-0.05, 0) is 29.7 Å². The summed E-state index contributed by atoms with van der Waals surface area (Å²) in [7, 11) is 0. The first-order valence-corrected chi connectivity index (χ1v) is 4.79. The Hall–Kier alpha value is -1.57. The van der Waals surface area contributed by atoms with E-state index < -0.39 is 0 Å². The zero-order valence-corrected chi connectivity index (χ0v) is 8.44. The molecule has 0 unspecified atom stereocenters. The molecular weight excluding hydrogens is 172 g/mol. The van der Waals surface area contributed by atoms with Crippen LogP contribution in [0.4, 0.5) is 0 Å². The average molecular weight is 185 g/mol. The van der Waals surface area contributed by atoms with Crippen LogP contribution >= 0.6 is 0 Å². The molecule has 0 amide bonds. The Labute approximate surface area is 84.2 Å². The van der Waals surface area contributed by atoms with Gasteiger partial charge in [-0.25, -0.2) is 4.68 Å². The lowest BCUT2D eigenvalue weighted by atomic mass is 10.0. The van der Waals surface area contributed by atoms with E-state index in [1.54, 1.807) is 16.9 Å². The summed E-state index contributed by atoms with van der Waals surface area (Å²) in [6, 6.07) is 10.2. The molecule has 0 saturated carbocycles. The highest BCUT2D eigenvalue weighted by atomic mass is 15.3. The maximum absolute atomic E-state index is 4.12. The summed E-state index contributed by atoms with van der Waals surface area (Å²) < 4.78 is 1.74. The second kappa shape index (κ2) is 3.66. The van der Waals surface area contributed by atoms with E-state index in [0.29, 0.717) is 5.92 Å². The van der Waals surface area contributed by atoms with Gasteiger partial charge >= 0.3 is 0 Å². The van der Waals surface area contributed by atoms with E-state index in [9.17, 15) is 0 Å². The maximum atomic E-state index is 4.12. The fraction of sp³-hybridized carbons (Fsp3) is 0.250. The SMILES string of the molecule is CC(C)c1ccc(-n2[c]ccn2)cc1. The van der Waals surface area contributed by atoms with E-state index in [4.69, 9.17) is 0 Å². The average Bonchev–Trinajstić information content (AvgIpc) is 2.71. The molecule has 0 N–H and O–H groups in total. The Balaban J connectivity index is 2.31. The molecule has 0 fully saturated rings. The number of benzene rings is 1. The van der Waals surface area contributed by atoms with E-state index in [1.807, 2.05) is 0 Å². The van der Waals surface area contributed by atoms with Crippen LogP contribution in [-0.4, -0.2) is 9.78 Å². The quantitative estimate of drug-likeness (QED) is 0.703. The molecule has 14 heavy (non-hydrogen) atoms. The van der Waals surface area contributed by atoms with Crippen LogP contribution in [0.3, 0.4) is 0 Å². The number of rotatable bonds is 2. The standard InChI is InChI=1S/C12H13N2/c1-10(2)11-4-6-12(7-5-11)14-9-3-8-13-14/h3-8,10H,1-2H3. The normalized spacial score (nSPS) is 10.8. The molecule has 71 valence electrons. The topological polar surface area (TPSA) is 17.8 Å². The molecule has 2 aromatic rings. The molecular formula is C12H13N2. The Morgan fingerprint density at radius 3 is 2.43 bits per heavy atom.